The van der Waals surface area contributed by atoms with Crippen LogP contribution in [-0.4, -0.2) is 24.1 Å². The van der Waals surface area contributed by atoms with Crippen LogP contribution in [0.5, 0.6) is 0 Å². The molecule has 0 radical (unpaired) electrons. The number of nitrogens with one attached hydrogen (secondary N) is 2. The monoisotopic (exact) mass is 257 g/mol. The van der Waals surface area contributed by atoms with Crippen LogP contribution in [0.4, 0.5) is 0 Å². The molecule has 3 heteroatoms. The van der Waals surface area contributed by atoms with E-state index in [1.54, 1.807) is 0 Å². The zero-order valence-corrected chi connectivity index (χ0v) is 11.8. The molecule has 102 valence electrons. The first-order valence-corrected chi connectivity index (χ1v) is 7.07. The van der Waals surface area contributed by atoms with Crippen LogP contribution in [0.15, 0.2) is 36.5 Å². The van der Waals surface area contributed by atoms with Crippen molar-refractivity contribution in [2.24, 2.45) is 0 Å². The number of pyridine rings is 1. The maximum absolute atomic E-state index is 4.34. The Hall–Kier alpha value is -1.45. The van der Waals surface area contributed by atoms with Crippen LogP contribution in [0, 0.1) is 0 Å². The molecule has 2 aromatic rings. The third kappa shape index (κ3) is 4.30. The minimum Gasteiger partial charge on any atom is -0.315 e. The molecular formula is C16H23N3. The van der Waals surface area contributed by atoms with Gasteiger partial charge >= 0.3 is 0 Å². The van der Waals surface area contributed by atoms with E-state index < -0.39 is 0 Å². The Labute approximate surface area is 115 Å². The second-order valence-corrected chi connectivity index (χ2v) is 5.02. The molecule has 1 aromatic carbocycles. The Morgan fingerprint density at radius 3 is 3.00 bits per heavy atom. The Balaban J connectivity index is 1.87. The number of nitrogens with zero attached hydrogens (tertiary/aromatic N) is 1. The predicted octanol–water partition coefficient (Wildman–Crippen LogP) is 2.71. The molecule has 1 atom stereocenters. The van der Waals surface area contributed by atoms with Crippen LogP contribution >= 0.6 is 0 Å². The SMILES string of the molecule is CCCNCC(C)NCc1ccc2ncccc2c1. The maximum atomic E-state index is 4.34. The molecular weight excluding hydrogens is 234 g/mol. The normalized spacial score (nSPS) is 12.7. The molecule has 2 N–H and O–H groups in total. The molecule has 0 bridgehead atoms. The lowest BCUT2D eigenvalue weighted by Crippen LogP contribution is -2.36. The van der Waals surface area contributed by atoms with Crippen molar-refractivity contribution in [2.75, 3.05) is 13.1 Å². The van der Waals surface area contributed by atoms with Crippen LogP contribution < -0.4 is 10.6 Å². The minimum absolute atomic E-state index is 0.483. The molecule has 0 saturated heterocycles. The lowest BCUT2D eigenvalue weighted by Gasteiger charge is -2.14. The van der Waals surface area contributed by atoms with Crippen molar-refractivity contribution >= 4 is 10.9 Å². The van der Waals surface area contributed by atoms with Gasteiger partial charge in [0.2, 0.25) is 0 Å². The average molecular weight is 257 g/mol. The number of hydrogen-bond acceptors (Lipinski definition) is 3. The molecule has 0 fully saturated rings. The van der Waals surface area contributed by atoms with Gasteiger partial charge in [-0.15, -0.1) is 0 Å². The summed E-state index contributed by atoms with van der Waals surface area (Å²) in [6.45, 7) is 7.41. The van der Waals surface area contributed by atoms with Crippen molar-refractivity contribution in [3.8, 4) is 0 Å². The lowest BCUT2D eigenvalue weighted by molar-refractivity contribution is 0.501. The van der Waals surface area contributed by atoms with Crippen molar-refractivity contribution in [2.45, 2.75) is 32.9 Å². The van der Waals surface area contributed by atoms with E-state index >= 15 is 0 Å². The highest BCUT2D eigenvalue weighted by Gasteiger charge is 2.01. The van der Waals surface area contributed by atoms with Gasteiger partial charge in [0.15, 0.2) is 0 Å². The smallest absolute Gasteiger partial charge is 0.0702 e. The minimum atomic E-state index is 0.483. The summed E-state index contributed by atoms with van der Waals surface area (Å²) in [7, 11) is 0. The maximum Gasteiger partial charge on any atom is 0.0702 e. The first-order chi connectivity index (χ1) is 9.29. The molecule has 1 heterocycles. The van der Waals surface area contributed by atoms with Gasteiger partial charge in [0.05, 0.1) is 5.52 Å². The molecule has 2 rings (SSSR count). The van der Waals surface area contributed by atoms with Crippen LogP contribution in [0.2, 0.25) is 0 Å². The summed E-state index contributed by atoms with van der Waals surface area (Å²) < 4.78 is 0. The number of aromatic nitrogens is 1. The summed E-state index contributed by atoms with van der Waals surface area (Å²) in [6.07, 6.45) is 3.02. The van der Waals surface area contributed by atoms with E-state index in [1.807, 2.05) is 12.3 Å². The van der Waals surface area contributed by atoms with E-state index in [-0.39, 0.29) is 0 Å². The van der Waals surface area contributed by atoms with Gasteiger partial charge in [0.1, 0.15) is 0 Å². The molecule has 0 aliphatic heterocycles. The van der Waals surface area contributed by atoms with Crippen LogP contribution in [-0.2, 0) is 6.54 Å². The lowest BCUT2D eigenvalue weighted by atomic mass is 10.1. The predicted molar refractivity (Wildman–Crippen MR) is 81.2 cm³/mol. The fraction of sp³-hybridized carbons (Fsp3) is 0.438. The van der Waals surface area contributed by atoms with Crippen molar-refractivity contribution in [3.05, 3.63) is 42.1 Å². The van der Waals surface area contributed by atoms with E-state index in [0.717, 1.165) is 25.2 Å². The standard InChI is InChI=1S/C16H23N3/c1-3-8-17-11-13(2)19-12-14-6-7-16-15(10-14)5-4-9-18-16/h4-7,9-10,13,17,19H,3,8,11-12H2,1-2H3. The molecule has 0 aliphatic carbocycles. The van der Waals surface area contributed by atoms with Crippen molar-refractivity contribution in [3.63, 3.8) is 0 Å². The molecule has 1 aromatic heterocycles. The van der Waals surface area contributed by atoms with Gasteiger partial charge in [-0.25, -0.2) is 0 Å². The number of fused-ring (bicyclic) bond motifs is 1. The zero-order chi connectivity index (χ0) is 13.5. The fourth-order valence-corrected chi connectivity index (χ4v) is 2.09. The topological polar surface area (TPSA) is 37.0 Å². The molecule has 1 unspecified atom stereocenters. The van der Waals surface area contributed by atoms with Gasteiger partial charge in [0, 0.05) is 30.7 Å². The first kappa shape index (κ1) is 14.0. The third-order valence-electron chi connectivity index (χ3n) is 3.20. The van der Waals surface area contributed by atoms with Gasteiger partial charge in [-0.2, -0.15) is 0 Å². The molecule has 0 saturated carbocycles. The third-order valence-corrected chi connectivity index (χ3v) is 3.20. The summed E-state index contributed by atoms with van der Waals surface area (Å²) in [5.41, 5.74) is 2.37. The zero-order valence-electron chi connectivity index (χ0n) is 11.8. The summed E-state index contributed by atoms with van der Waals surface area (Å²) in [5, 5.41) is 8.17. The molecule has 0 spiro atoms. The van der Waals surface area contributed by atoms with Gasteiger partial charge in [0.25, 0.3) is 0 Å². The van der Waals surface area contributed by atoms with Crippen molar-refractivity contribution in [1.82, 2.24) is 15.6 Å². The molecule has 19 heavy (non-hydrogen) atoms. The van der Waals surface area contributed by atoms with Gasteiger partial charge in [-0.1, -0.05) is 19.1 Å². The first-order valence-electron chi connectivity index (χ1n) is 7.07. The molecule has 0 aliphatic rings. The largest absolute Gasteiger partial charge is 0.315 e. The fourth-order valence-electron chi connectivity index (χ4n) is 2.09. The molecule has 0 amide bonds. The van der Waals surface area contributed by atoms with E-state index in [2.05, 4.69) is 53.7 Å². The number of rotatable bonds is 7. The Bertz CT molecular complexity index is 510. The molecule has 3 nitrogen and oxygen atoms in total. The highest BCUT2D eigenvalue weighted by atomic mass is 15.0. The van der Waals surface area contributed by atoms with Crippen LogP contribution in [0.25, 0.3) is 10.9 Å². The van der Waals surface area contributed by atoms with E-state index in [0.29, 0.717) is 6.04 Å². The Morgan fingerprint density at radius 2 is 2.16 bits per heavy atom. The van der Waals surface area contributed by atoms with E-state index in [1.165, 1.54) is 17.4 Å². The summed E-state index contributed by atoms with van der Waals surface area (Å²) in [6, 6.07) is 11.0. The quantitative estimate of drug-likeness (QED) is 0.749. The Kier molecular flexibility index (Phi) is 5.31. The van der Waals surface area contributed by atoms with Crippen molar-refractivity contribution in [1.29, 1.82) is 0 Å². The van der Waals surface area contributed by atoms with Gasteiger partial charge in [-0.3, -0.25) is 4.98 Å². The highest BCUT2D eigenvalue weighted by Crippen LogP contribution is 2.13. The van der Waals surface area contributed by atoms with Crippen molar-refractivity contribution < 1.29 is 0 Å². The second kappa shape index (κ2) is 7.22. The highest BCUT2D eigenvalue weighted by molar-refractivity contribution is 5.78. The van der Waals surface area contributed by atoms with Crippen LogP contribution in [0.3, 0.4) is 0 Å². The van der Waals surface area contributed by atoms with Crippen LogP contribution in [0.1, 0.15) is 25.8 Å². The number of benzene rings is 1. The Morgan fingerprint density at radius 1 is 1.26 bits per heavy atom. The van der Waals surface area contributed by atoms with E-state index in [9.17, 15) is 0 Å². The second-order valence-electron chi connectivity index (χ2n) is 5.02. The summed E-state index contributed by atoms with van der Waals surface area (Å²) in [5.74, 6) is 0. The van der Waals surface area contributed by atoms with E-state index in [4.69, 9.17) is 0 Å². The summed E-state index contributed by atoms with van der Waals surface area (Å²) >= 11 is 0. The van der Waals surface area contributed by atoms with Gasteiger partial charge in [-0.05, 0) is 43.7 Å². The number of hydrogen-bond donors (Lipinski definition) is 2. The average Bonchev–Trinajstić information content (AvgIpc) is 2.45. The summed E-state index contributed by atoms with van der Waals surface area (Å²) in [4.78, 5) is 4.34. The van der Waals surface area contributed by atoms with Gasteiger partial charge < -0.3 is 10.6 Å².